The van der Waals surface area contributed by atoms with Gasteiger partial charge >= 0.3 is 5.97 Å². The third-order valence-electron chi connectivity index (χ3n) is 3.83. The summed E-state index contributed by atoms with van der Waals surface area (Å²) < 4.78 is 0. The maximum Gasteiger partial charge on any atom is 0.334 e. The molecular weight excluding hydrogens is 266 g/mol. The van der Waals surface area contributed by atoms with E-state index in [1.165, 1.54) is 14.0 Å². The molecule has 0 bridgehead atoms. The Morgan fingerprint density at radius 2 is 1.57 bits per heavy atom. The highest BCUT2D eigenvalue weighted by molar-refractivity contribution is 5.83. The third-order valence-corrected chi connectivity index (χ3v) is 3.83. The molecule has 2 aromatic carbocycles. The van der Waals surface area contributed by atoms with Crippen LogP contribution in [0.1, 0.15) is 12.5 Å². The number of benzene rings is 2. The van der Waals surface area contributed by atoms with Crippen LogP contribution < -0.4 is 0 Å². The van der Waals surface area contributed by atoms with Crippen molar-refractivity contribution in [1.82, 2.24) is 4.90 Å². The Morgan fingerprint density at radius 3 is 2.05 bits per heavy atom. The zero-order chi connectivity index (χ0) is 15.5. The standard InChI is InChI=1S/C17H17NO3/c1-17(16(20)21,18(2)12-19)15-10-8-14(9-11-15)13-6-4-3-5-7-13/h3-12H,1-2H3,(H,20,21). The highest BCUT2D eigenvalue weighted by Gasteiger charge is 2.39. The van der Waals surface area contributed by atoms with E-state index >= 15 is 0 Å². The van der Waals surface area contributed by atoms with Gasteiger partial charge < -0.3 is 10.0 Å². The van der Waals surface area contributed by atoms with Gasteiger partial charge in [-0.15, -0.1) is 0 Å². The van der Waals surface area contributed by atoms with Crippen LogP contribution in [0.5, 0.6) is 0 Å². The monoisotopic (exact) mass is 283 g/mol. The van der Waals surface area contributed by atoms with Gasteiger partial charge in [0.15, 0.2) is 5.54 Å². The number of carboxylic acids is 1. The molecule has 2 aromatic rings. The number of carboxylic acid groups (broad SMARTS) is 1. The fourth-order valence-corrected chi connectivity index (χ4v) is 2.20. The van der Waals surface area contributed by atoms with Crippen LogP contribution in [0.15, 0.2) is 54.6 Å². The van der Waals surface area contributed by atoms with Gasteiger partial charge in [-0.2, -0.15) is 0 Å². The molecule has 0 fully saturated rings. The molecule has 1 atom stereocenters. The van der Waals surface area contributed by atoms with E-state index < -0.39 is 11.5 Å². The van der Waals surface area contributed by atoms with Crippen LogP contribution >= 0.6 is 0 Å². The molecule has 0 saturated carbocycles. The summed E-state index contributed by atoms with van der Waals surface area (Å²) in [5, 5.41) is 9.47. The second kappa shape index (κ2) is 5.79. The number of hydrogen-bond acceptors (Lipinski definition) is 2. The van der Waals surface area contributed by atoms with Crippen molar-refractivity contribution >= 4 is 12.4 Å². The predicted molar refractivity (Wildman–Crippen MR) is 80.7 cm³/mol. The first kappa shape index (κ1) is 14.8. The van der Waals surface area contributed by atoms with Crippen LogP contribution in [0, 0.1) is 0 Å². The van der Waals surface area contributed by atoms with E-state index in [2.05, 4.69) is 0 Å². The predicted octanol–water partition coefficient (Wildman–Crippen LogP) is 2.74. The zero-order valence-electron chi connectivity index (χ0n) is 12.0. The van der Waals surface area contributed by atoms with Crippen molar-refractivity contribution in [2.45, 2.75) is 12.5 Å². The Hall–Kier alpha value is -2.62. The van der Waals surface area contributed by atoms with E-state index in [1.54, 1.807) is 12.1 Å². The van der Waals surface area contributed by atoms with E-state index in [0.29, 0.717) is 12.0 Å². The molecule has 0 aliphatic heterocycles. The first-order valence-electron chi connectivity index (χ1n) is 6.57. The van der Waals surface area contributed by atoms with Crippen molar-refractivity contribution in [3.63, 3.8) is 0 Å². The summed E-state index contributed by atoms with van der Waals surface area (Å²) in [5.41, 5.74) is 1.24. The minimum Gasteiger partial charge on any atom is -0.479 e. The highest BCUT2D eigenvalue weighted by Crippen LogP contribution is 2.29. The van der Waals surface area contributed by atoms with Crippen molar-refractivity contribution < 1.29 is 14.7 Å². The number of rotatable bonds is 5. The maximum absolute atomic E-state index is 11.6. The molecule has 1 N–H and O–H groups in total. The zero-order valence-corrected chi connectivity index (χ0v) is 12.0. The molecule has 0 aliphatic carbocycles. The van der Waals surface area contributed by atoms with Crippen LogP contribution in [0.2, 0.25) is 0 Å². The van der Waals surface area contributed by atoms with Gasteiger partial charge in [0.05, 0.1) is 0 Å². The van der Waals surface area contributed by atoms with E-state index in [9.17, 15) is 14.7 Å². The van der Waals surface area contributed by atoms with Gasteiger partial charge in [0.25, 0.3) is 0 Å². The largest absolute Gasteiger partial charge is 0.479 e. The van der Waals surface area contributed by atoms with Crippen LogP contribution in [-0.2, 0) is 15.1 Å². The van der Waals surface area contributed by atoms with Crippen LogP contribution in [0.25, 0.3) is 11.1 Å². The molecule has 0 radical (unpaired) electrons. The Morgan fingerprint density at radius 1 is 1.05 bits per heavy atom. The first-order chi connectivity index (χ1) is 10.00. The van der Waals surface area contributed by atoms with Crippen molar-refractivity contribution in [3.8, 4) is 11.1 Å². The van der Waals surface area contributed by atoms with Gasteiger partial charge in [0.2, 0.25) is 6.41 Å². The van der Waals surface area contributed by atoms with Gasteiger partial charge in [0, 0.05) is 7.05 Å². The highest BCUT2D eigenvalue weighted by atomic mass is 16.4. The molecule has 4 heteroatoms. The van der Waals surface area contributed by atoms with Gasteiger partial charge in [0.1, 0.15) is 0 Å². The number of hydrogen-bond donors (Lipinski definition) is 1. The number of carbonyl (C=O) groups is 2. The fourth-order valence-electron chi connectivity index (χ4n) is 2.20. The van der Waals surface area contributed by atoms with Gasteiger partial charge in [-0.1, -0.05) is 54.6 Å². The van der Waals surface area contributed by atoms with Crippen molar-refractivity contribution in [3.05, 3.63) is 60.2 Å². The quantitative estimate of drug-likeness (QED) is 0.858. The summed E-state index contributed by atoms with van der Waals surface area (Å²) in [6.45, 7) is 1.52. The molecule has 0 saturated heterocycles. The van der Waals surface area contributed by atoms with E-state index in [4.69, 9.17) is 0 Å². The van der Waals surface area contributed by atoms with E-state index in [0.717, 1.165) is 16.0 Å². The molecular formula is C17H17NO3. The van der Waals surface area contributed by atoms with Gasteiger partial charge in [-0.25, -0.2) is 4.79 Å². The maximum atomic E-state index is 11.6. The molecule has 1 unspecified atom stereocenters. The first-order valence-corrected chi connectivity index (χ1v) is 6.57. The van der Waals surface area contributed by atoms with Crippen molar-refractivity contribution in [2.24, 2.45) is 0 Å². The second-order valence-electron chi connectivity index (χ2n) is 5.04. The molecule has 1 amide bonds. The van der Waals surface area contributed by atoms with Crippen LogP contribution in [0.4, 0.5) is 0 Å². The minimum atomic E-state index is -1.38. The smallest absolute Gasteiger partial charge is 0.334 e. The Bertz CT molecular complexity index is 637. The number of carbonyl (C=O) groups excluding carboxylic acids is 1. The molecule has 4 nitrogen and oxygen atoms in total. The molecule has 21 heavy (non-hydrogen) atoms. The Labute approximate surface area is 123 Å². The number of amides is 1. The summed E-state index contributed by atoms with van der Waals surface area (Å²) in [5.74, 6) is -1.07. The third kappa shape index (κ3) is 2.65. The number of nitrogens with zero attached hydrogens (tertiary/aromatic N) is 1. The Balaban J connectivity index is 2.42. The van der Waals surface area contributed by atoms with Gasteiger partial charge in [-0.05, 0) is 23.6 Å². The average Bonchev–Trinajstić information content (AvgIpc) is 2.54. The molecule has 0 heterocycles. The SMILES string of the molecule is CN(C=O)C(C)(C(=O)O)c1ccc(-c2ccccc2)cc1. The van der Waals surface area contributed by atoms with Gasteiger partial charge in [-0.3, -0.25) is 4.79 Å². The van der Waals surface area contributed by atoms with E-state index in [-0.39, 0.29) is 0 Å². The fraction of sp³-hybridized carbons (Fsp3) is 0.176. The Kier molecular flexibility index (Phi) is 4.08. The van der Waals surface area contributed by atoms with Crippen LogP contribution in [-0.4, -0.2) is 29.4 Å². The summed E-state index contributed by atoms with van der Waals surface area (Å²) in [6, 6.07) is 17.0. The van der Waals surface area contributed by atoms with E-state index in [1.807, 2.05) is 42.5 Å². The molecule has 2 rings (SSSR count). The normalized spacial score (nSPS) is 13.2. The topological polar surface area (TPSA) is 57.6 Å². The summed E-state index contributed by atoms with van der Waals surface area (Å²) >= 11 is 0. The van der Waals surface area contributed by atoms with Crippen LogP contribution in [0.3, 0.4) is 0 Å². The number of aliphatic carboxylic acids is 1. The molecule has 0 aliphatic rings. The summed E-state index contributed by atoms with van der Waals surface area (Å²) in [4.78, 5) is 23.7. The molecule has 0 spiro atoms. The number of likely N-dealkylation sites (N-methyl/N-ethyl adjacent to an activating group) is 1. The summed E-state index contributed by atoms with van der Waals surface area (Å²) in [6.07, 6.45) is 0.527. The molecule has 0 aromatic heterocycles. The van der Waals surface area contributed by atoms with Crippen molar-refractivity contribution in [2.75, 3.05) is 7.05 Å². The lowest BCUT2D eigenvalue weighted by molar-refractivity contribution is -0.153. The second-order valence-corrected chi connectivity index (χ2v) is 5.04. The average molecular weight is 283 g/mol. The lowest BCUT2D eigenvalue weighted by Gasteiger charge is -2.32. The van der Waals surface area contributed by atoms with Crippen molar-refractivity contribution in [1.29, 1.82) is 0 Å². The lowest BCUT2D eigenvalue weighted by atomic mass is 9.89. The molecule has 108 valence electrons. The summed E-state index contributed by atoms with van der Waals surface area (Å²) in [7, 11) is 1.46. The minimum absolute atomic E-state index is 0.527. The lowest BCUT2D eigenvalue weighted by Crippen LogP contribution is -2.47.